The van der Waals surface area contributed by atoms with E-state index in [2.05, 4.69) is 27.3 Å². The SMILES string of the molecule is CCCC(C)NC(=O)C(C)n1nnc(C(=O)OC)c1CC. The molecule has 2 atom stereocenters. The van der Waals surface area contributed by atoms with E-state index in [1.165, 1.54) is 11.8 Å². The summed E-state index contributed by atoms with van der Waals surface area (Å²) in [6.07, 6.45) is 2.47. The monoisotopic (exact) mass is 296 g/mol. The van der Waals surface area contributed by atoms with Crippen LogP contribution in [0.15, 0.2) is 0 Å². The summed E-state index contributed by atoms with van der Waals surface area (Å²) in [5.41, 5.74) is 0.772. The predicted octanol–water partition coefficient (Wildman–Crippen LogP) is 1.49. The lowest BCUT2D eigenvalue weighted by Gasteiger charge is -2.18. The molecule has 1 N–H and O–H groups in total. The molecule has 0 spiro atoms. The lowest BCUT2D eigenvalue weighted by molar-refractivity contribution is -0.124. The van der Waals surface area contributed by atoms with Crippen LogP contribution < -0.4 is 5.32 Å². The van der Waals surface area contributed by atoms with Crippen LogP contribution in [0.5, 0.6) is 0 Å². The van der Waals surface area contributed by atoms with E-state index < -0.39 is 12.0 Å². The first-order chi connectivity index (χ1) is 9.96. The second kappa shape index (κ2) is 7.75. The van der Waals surface area contributed by atoms with Crippen molar-refractivity contribution in [3.05, 3.63) is 11.4 Å². The highest BCUT2D eigenvalue weighted by Gasteiger charge is 2.25. The van der Waals surface area contributed by atoms with Gasteiger partial charge < -0.3 is 10.1 Å². The number of aromatic nitrogens is 3. The first kappa shape index (κ1) is 17.1. The van der Waals surface area contributed by atoms with E-state index in [4.69, 9.17) is 0 Å². The average molecular weight is 296 g/mol. The van der Waals surface area contributed by atoms with Gasteiger partial charge in [-0.05, 0) is 26.7 Å². The number of carbonyl (C=O) groups excluding carboxylic acids is 2. The molecule has 118 valence electrons. The number of carbonyl (C=O) groups is 2. The van der Waals surface area contributed by atoms with Gasteiger partial charge in [-0.15, -0.1) is 5.10 Å². The Morgan fingerprint density at radius 1 is 1.33 bits per heavy atom. The minimum absolute atomic E-state index is 0.110. The highest BCUT2D eigenvalue weighted by atomic mass is 16.5. The fourth-order valence-corrected chi connectivity index (χ4v) is 2.19. The molecule has 1 heterocycles. The van der Waals surface area contributed by atoms with Crippen molar-refractivity contribution in [2.45, 2.75) is 59.0 Å². The number of nitrogens with zero attached hydrogens (tertiary/aromatic N) is 3. The largest absolute Gasteiger partial charge is 0.464 e. The number of esters is 1. The Morgan fingerprint density at radius 3 is 2.52 bits per heavy atom. The molecule has 0 fully saturated rings. The predicted molar refractivity (Wildman–Crippen MR) is 78.0 cm³/mol. The molecule has 0 aliphatic carbocycles. The van der Waals surface area contributed by atoms with Gasteiger partial charge in [0.1, 0.15) is 6.04 Å². The zero-order valence-corrected chi connectivity index (χ0v) is 13.3. The van der Waals surface area contributed by atoms with Crippen LogP contribution >= 0.6 is 0 Å². The lowest BCUT2D eigenvalue weighted by Crippen LogP contribution is -2.38. The third-order valence-electron chi connectivity index (χ3n) is 3.36. The highest BCUT2D eigenvalue weighted by Crippen LogP contribution is 2.14. The number of ether oxygens (including phenoxy) is 1. The molecule has 0 saturated carbocycles. The zero-order chi connectivity index (χ0) is 16.0. The Kier molecular flexibility index (Phi) is 6.33. The van der Waals surface area contributed by atoms with E-state index in [1.54, 1.807) is 6.92 Å². The molecule has 1 rings (SSSR count). The third kappa shape index (κ3) is 4.03. The number of hydrogen-bond donors (Lipinski definition) is 1. The van der Waals surface area contributed by atoms with E-state index in [0.29, 0.717) is 12.1 Å². The first-order valence-electron chi connectivity index (χ1n) is 7.28. The Balaban J connectivity index is 2.92. The fraction of sp³-hybridized carbons (Fsp3) is 0.714. The van der Waals surface area contributed by atoms with Crippen molar-refractivity contribution in [1.82, 2.24) is 20.3 Å². The van der Waals surface area contributed by atoms with Crippen molar-refractivity contribution in [1.29, 1.82) is 0 Å². The second-order valence-corrected chi connectivity index (χ2v) is 5.05. The van der Waals surface area contributed by atoms with Crippen LogP contribution in [0.4, 0.5) is 0 Å². The number of hydrogen-bond acceptors (Lipinski definition) is 5. The van der Waals surface area contributed by atoms with Crippen LogP contribution in [0.3, 0.4) is 0 Å². The van der Waals surface area contributed by atoms with E-state index in [0.717, 1.165) is 12.8 Å². The number of nitrogens with one attached hydrogen (secondary N) is 1. The van der Waals surface area contributed by atoms with Gasteiger partial charge in [-0.1, -0.05) is 25.5 Å². The topological polar surface area (TPSA) is 86.1 Å². The molecule has 0 radical (unpaired) electrons. The molecule has 0 aliphatic rings. The van der Waals surface area contributed by atoms with Crippen molar-refractivity contribution in [3.8, 4) is 0 Å². The van der Waals surface area contributed by atoms with Crippen LogP contribution in [0.1, 0.15) is 62.8 Å². The molecule has 7 heteroatoms. The minimum Gasteiger partial charge on any atom is -0.464 e. The standard InChI is InChI=1S/C14H24N4O3/c1-6-8-9(3)15-13(19)10(4)18-11(7-2)12(16-17-18)14(20)21-5/h9-10H,6-8H2,1-5H3,(H,15,19). The van der Waals surface area contributed by atoms with Crippen molar-refractivity contribution < 1.29 is 14.3 Å². The van der Waals surface area contributed by atoms with E-state index in [-0.39, 0.29) is 17.6 Å². The maximum Gasteiger partial charge on any atom is 0.360 e. The summed E-state index contributed by atoms with van der Waals surface area (Å²) >= 11 is 0. The normalized spacial score (nSPS) is 13.6. The summed E-state index contributed by atoms with van der Waals surface area (Å²) in [5, 5.41) is 10.7. The summed E-state index contributed by atoms with van der Waals surface area (Å²) in [4.78, 5) is 23.9. The van der Waals surface area contributed by atoms with E-state index in [1.807, 2.05) is 13.8 Å². The van der Waals surface area contributed by atoms with Crippen molar-refractivity contribution >= 4 is 11.9 Å². The first-order valence-corrected chi connectivity index (χ1v) is 7.28. The van der Waals surface area contributed by atoms with E-state index in [9.17, 15) is 9.59 Å². The maximum atomic E-state index is 12.2. The van der Waals surface area contributed by atoms with Crippen molar-refractivity contribution in [2.24, 2.45) is 0 Å². The second-order valence-electron chi connectivity index (χ2n) is 5.05. The summed E-state index contributed by atoms with van der Waals surface area (Å²) < 4.78 is 6.16. The lowest BCUT2D eigenvalue weighted by atomic mass is 10.1. The summed E-state index contributed by atoms with van der Waals surface area (Å²) in [5.74, 6) is -0.669. The highest BCUT2D eigenvalue weighted by molar-refractivity contribution is 5.88. The molecule has 0 aromatic carbocycles. The molecular formula is C14H24N4O3. The fourth-order valence-electron chi connectivity index (χ4n) is 2.19. The Bertz CT molecular complexity index is 498. The van der Waals surface area contributed by atoms with Gasteiger partial charge in [-0.2, -0.15) is 0 Å². The molecule has 1 amide bonds. The van der Waals surface area contributed by atoms with Crippen molar-refractivity contribution in [3.63, 3.8) is 0 Å². The van der Waals surface area contributed by atoms with E-state index >= 15 is 0 Å². The molecule has 21 heavy (non-hydrogen) atoms. The van der Waals surface area contributed by atoms with Crippen LogP contribution in [0, 0.1) is 0 Å². The Morgan fingerprint density at radius 2 is 2.00 bits per heavy atom. The average Bonchev–Trinajstić information content (AvgIpc) is 2.89. The quantitative estimate of drug-likeness (QED) is 0.770. The van der Waals surface area contributed by atoms with Crippen molar-refractivity contribution in [2.75, 3.05) is 7.11 Å². The number of amides is 1. The number of methoxy groups -OCH3 is 1. The van der Waals surface area contributed by atoms with Gasteiger partial charge >= 0.3 is 5.97 Å². The van der Waals surface area contributed by atoms with Gasteiger partial charge in [-0.3, -0.25) is 4.79 Å². The van der Waals surface area contributed by atoms with Gasteiger partial charge in [0.25, 0.3) is 0 Å². The van der Waals surface area contributed by atoms with Gasteiger partial charge in [0, 0.05) is 6.04 Å². The summed E-state index contributed by atoms with van der Waals surface area (Å²) in [6.45, 7) is 7.66. The van der Waals surface area contributed by atoms with Crippen LogP contribution in [-0.2, 0) is 16.0 Å². The molecule has 1 aromatic heterocycles. The molecule has 0 bridgehead atoms. The molecular weight excluding hydrogens is 272 g/mol. The minimum atomic E-state index is -0.537. The Labute approximate surface area is 125 Å². The third-order valence-corrected chi connectivity index (χ3v) is 3.36. The Hall–Kier alpha value is -1.92. The van der Waals surface area contributed by atoms with Gasteiger partial charge in [0.2, 0.25) is 5.91 Å². The van der Waals surface area contributed by atoms with Gasteiger partial charge in [-0.25, -0.2) is 9.48 Å². The molecule has 7 nitrogen and oxygen atoms in total. The number of rotatable bonds is 7. The zero-order valence-electron chi connectivity index (χ0n) is 13.3. The van der Waals surface area contributed by atoms with Crippen LogP contribution in [-0.4, -0.2) is 40.0 Å². The maximum absolute atomic E-state index is 12.2. The molecule has 1 aromatic rings. The van der Waals surface area contributed by atoms with Gasteiger partial charge in [0.05, 0.1) is 12.8 Å². The summed E-state index contributed by atoms with van der Waals surface area (Å²) in [6, 6.07) is -0.413. The molecule has 0 saturated heterocycles. The van der Waals surface area contributed by atoms with Crippen LogP contribution in [0.25, 0.3) is 0 Å². The summed E-state index contributed by atoms with van der Waals surface area (Å²) in [7, 11) is 1.29. The smallest absolute Gasteiger partial charge is 0.360 e. The van der Waals surface area contributed by atoms with Crippen LogP contribution in [0.2, 0.25) is 0 Å². The molecule has 0 aliphatic heterocycles. The molecule has 2 unspecified atom stereocenters. The van der Waals surface area contributed by atoms with Gasteiger partial charge in [0.15, 0.2) is 5.69 Å².